The second-order valence-electron chi connectivity index (χ2n) is 3.82. The second-order valence-corrected chi connectivity index (χ2v) is 3.82. The number of hydrogen-bond donors (Lipinski definition) is 2. The number of benzene rings is 1. The Hall–Kier alpha value is -2.24. The normalized spacial score (nSPS) is 11.5. The Bertz CT molecular complexity index is 472. The SMILES string of the molecule is CCNC(=O)C(C)Oc1ccc(OC)cc1C(=O)O. The standard InChI is InChI=1S/C13H17NO5/c1-4-14-12(15)8(2)19-11-6-5-9(18-3)7-10(11)13(16)17/h5-8H,4H2,1-3H3,(H,14,15)(H,16,17). The highest BCUT2D eigenvalue weighted by Crippen LogP contribution is 2.25. The van der Waals surface area contributed by atoms with Crippen molar-refractivity contribution in [3.8, 4) is 11.5 Å². The Morgan fingerprint density at radius 3 is 2.63 bits per heavy atom. The molecule has 1 unspecified atom stereocenters. The number of amides is 1. The van der Waals surface area contributed by atoms with Crippen molar-refractivity contribution in [2.45, 2.75) is 20.0 Å². The minimum atomic E-state index is -1.14. The Kier molecular flexibility index (Phi) is 5.17. The highest BCUT2D eigenvalue weighted by Gasteiger charge is 2.18. The van der Waals surface area contributed by atoms with Gasteiger partial charge in [-0.15, -0.1) is 0 Å². The van der Waals surface area contributed by atoms with Crippen molar-refractivity contribution in [2.24, 2.45) is 0 Å². The second kappa shape index (κ2) is 6.63. The predicted molar refractivity (Wildman–Crippen MR) is 68.7 cm³/mol. The zero-order valence-electron chi connectivity index (χ0n) is 11.1. The van der Waals surface area contributed by atoms with E-state index in [9.17, 15) is 9.59 Å². The van der Waals surface area contributed by atoms with Crippen LogP contribution in [-0.4, -0.2) is 36.7 Å². The Morgan fingerprint density at radius 2 is 2.11 bits per heavy atom. The van der Waals surface area contributed by atoms with Gasteiger partial charge < -0.3 is 19.9 Å². The lowest BCUT2D eigenvalue weighted by Crippen LogP contribution is -2.36. The van der Waals surface area contributed by atoms with Gasteiger partial charge in [0.15, 0.2) is 6.10 Å². The topological polar surface area (TPSA) is 84.9 Å². The molecule has 0 heterocycles. The van der Waals surface area contributed by atoms with Crippen molar-refractivity contribution in [2.75, 3.05) is 13.7 Å². The molecule has 6 heteroatoms. The number of carboxylic acids is 1. The van der Waals surface area contributed by atoms with E-state index in [4.69, 9.17) is 14.6 Å². The first kappa shape index (κ1) is 14.8. The van der Waals surface area contributed by atoms with Gasteiger partial charge in [-0.05, 0) is 32.0 Å². The van der Waals surface area contributed by atoms with Crippen LogP contribution >= 0.6 is 0 Å². The number of nitrogens with one attached hydrogen (secondary N) is 1. The van der Waals surface area contributed by atoms with E-state index in [2.05, 4.69) is 5.32 Å². The number of rotatable bonds is 6. The van der Waals surface area contributed by atoms with E-state index in [0.717, 1.165) is 0 Å². The molecule has 104 valence electrons. The van der Waals surface area contributed by atoms with Gasteiger partial charge in [-0.25, -0.2) is 4.79 Å². The summed E-state index contributed by atoms with van der Waals surface area (Å²) in [5.74, 6) is -0.894. The number of carbonyl (C=O) groups is 2. The molecule has 0 saturated heterocycles. The molecule has 6 nitrogen and oxygen atoms in total. The zero-order chi connectivity index (χ0) is 14.4. The first-order chi connectivity index (χ1) is 8.99. The number of carboxylic acid groups (broad SMARTS) is 1. The van der Waals surface area contributed by atoms with Gasteiger partial charge in [-0.1, -0.05) is 0 Å². The van der Waals surface area contributed by atoms with E-state index < -0.39 is 12.1 Å². The van der Waals surface area contributed by atoms with Crippen molar-refractivity contribution in [3.05, 3.63) is 23.8 Å². The van der Waals surface area contributed by atoms with Gasteiger partial charge in [0.25, 0.3) is 5.91 Å². The molecule has 1 aromatic rings. The lowest BCUT2D eigenvalue weighted by Gasteiger charge is -2.16. The third-order valence-electron chi connectivity index (χ3n) is 2.44. The Labute approximate surface area is 111 Å². The van der Waals surface area contributed by atoms with Gasteiger partial charge in [0, 0.05) is 6.54 Å². The minimum Gasteiger partial charge on any atom is -0.497 e. The number of hydrogen-bond acceptors (Lipinski definition) is 4. The number of methoxy groups -OCH3 is 1. The quantitative estimate of drug-likeness (QED) is 0.811. The van der Waals surface area contributed by atoms with Gasteiger partial charge in [-0.3, -0.25) is 4.79 Å². The molecule has 0 bridgehead atoms. The highest BCUT2D eigenvalue weighted by atomic mass is 16.5. The van der Waals surface area contributed by atoms with E-state index in [-0.39, 0.29) is 17.2 Å². The van der Waals surface area contributed by atoms with Crippen LogP contribution in [-0.2, 0) is 4.79 Å². The molecule has 0 spiro atoms. The molecule has 19 heavy (non-hydrogen) atoms. The first-order valence-electron chi connectivity index (χ1n) is 5.85. The van der Waals surface area contributed by atoms with E-state index in [1.54, 1.807) is 19.9 Å². The summed E-state index contributed by atoms with van der Waals surface area (Å²) in [5, 5.41) is 11.7. The number of likely N-dealkylation sites (N-methyl/N-ethyl adjacent to an activating group) is 1. The van der Waals surface area contributed by atoms with Crippen molar-refractivity contribution >= 4 is 11.9 Å². The molecule has 0 fully saturated rings. The average Bonchev–Trinajstić information content (AvgIpc) is 2.39. The maximum absolute atomic E-state index is 11.5. The lowest BCUT2D eigenvalue weighted by molar-refractivity contribution is -0.127. The molecule has 2 N–H and O–H groups in total. The Morgan fingerprint density at radius 1 is 1.42 bits per heavy atom. The fourth-order valence-electron chi connectivity index (χ4n) is 1.47. The summed E-state index contributed by atoms with van der Waals surface area (Å²) < 4.78 is 10.3. The van der Waals surface area contributed by atoms with Crippen LogP contribution in [0.3, 0.4) is 0 Å². The van der Waals surface area contributed by atoms with Crippen LogP contribution in [0.1, 0.15) is 24.2 Å². The molecular weight excluding hydrogens is 250 g/mol. The number of carbonyl (C=O) groups excluding carboxylic acids is 1. The summed E-state index contributed by atoms with van der Waals surface area (Å²) in [6.07, 6.45) is -0.772. The Balaban J connectivity index is 2.94. The maximum atomic E-state index is 11.5. The van der Waals surface area contributed by atoms with E-state index in [0.29, 0.717) is 12.3 Å². The molecule has 1 rings (SSSR count). The molecule has 0 aromatic heterocycles. The summed E-state index contributed by atoms with van der Waals surface area (Å²) >= 11 is 0. The van der Waals surface area contributed by atoms with Gasteiger partial charge in [-0.2, -0.15) is 0 Å². The van der Waals surface area contributed by atoms with Gasteiger partial charge in [0.1, 0.15) is 17.1 Å². The smallest absolute Gasteiger partial charge is 0.339 e. The van der Waals surface area contributed by atoms with Crippen molar-refractivity contribution in [1.82, 2.24) is 5.32 Å². The molecule has 0 aliphatic rings. The fourth-order valence-corrected chi connectivity index (χ4v) is 1.47. The highest BCUT2D eigenvalue weighted by molar-refractivity contribution is 5.91. The molecule has 0 aliphatic heterocycles. The molecule has 1 atom stereocenters. The van der Waals surface area contributed by atoms with E-state index in [1.165, 1.54) is 19.2 Å². The zero-order valence-corrected chi connectivity index (χ0v) is 11.1. The molecule has 1 aromatic carbocycles. The van der Waals surface area contributed by atoms with Crippen LogP contribution in [0, 0.1) is 0 Å². The van der Waals surface area contributed by atoms with Crippen LogP contribution < -0.4 is 14.8 Å². The van der Waals surface area contributed by atoms with Crippen molar-refractivity contribution in [1.29, 1.82) is 0 Å². The monoisotopic (exact) mass is 267 g/mol. The van der Waals surface area contributed by atoms with Crippen molar-refractivity contribution < 1.29 is 24.2 Å². The van der Waals surface area contributed by atoms with Crippen LogP contribution in [0.2, 0.25) is 0 Å². The summed E-state index contributed by atoms with van der Waals surface area (Å²) in [4.78, 5) is 22.7. The molecule has 0 radical (unpaired) electrons. The molecule has 1 amide bonds. The number of aromatic carboxylic acids is 1. The van der Waals surface area contributed by atoms with E-state index >= 15 is 0 Å². The average molecular weight is 267 g/mol. The molecule has 0 saturated carbocycles. The third-order valence-corrected chi connectivity index (χ3v) is 2.44. The summed E-state index contributed by atoms with van der Waals surface area (Å²) in [5.41, 5.74) is -0.0458. The first-order valence-corrected chi connectivity index (χ1v) is 5.85. The van der Waals surface area contributed by atoms with Gasteiger partial charge >= 0.3 is 5.97 Å². The van der Waals surface area contributed by atoms with Crippen LogP contribution in [0.25, 0.3) is 0 Å². The summed E-state index contributed by atoms with van der Waals surface area (Å²) in [7, 11) is 1.44. The third kappa shape index (κ3) is 3.87. The number of ether oxygens (including phenoxy) is 2. The van der Waals surface area contributed by atoms with Crippen LogP contribution in [0.5, 0.6) is 11.5 Å². The van der Waals surface area contributed by atoms with E-state index in [1.807, 2.05) is 0 Å². The molecule has 0 aliphatic carbocycles. The summed E-state index contributed by atoms with van der Waals surface area (Å²) in [6.45, 7) is 3.84. The van der Waals surface area contributed by atoms with Gasteiger partial charge in [0.2, 0.25) is 0 Å². The van der Waals surface area contributed by atoms with Crippen LogP contribution in [0.4, 0.5) is 0 Å². The predicted octanol–water partition coefficient (Wildman–Crippen LogP) is 1.30. The fraction of sp³-hybridized carbons (Fsp3) is 0.385. The lowest BCUT2D eigenvalue weighted by atomic mass is 10.2. The maximum Gasteiger partial charge on any atom is 0.339 e. The minimum absolute atomic E-state index is 0.0458. The van der Waals surface area contributed by atoms with Crippen LogP contribution in [0.15, 0.2) is 18.2 Å². The van der Waals surface area contributed by atoms with Gasteiger partial charge in [0.05, 0.1) is 7.11 Å². The molecular formula is C13H17NO5. The van der Waals surface area contributed by atoms with Crippen molar-refractivity contribution in [3.63, 3.8) is 0 Å². The summed E-state index contributed by atoms with van der Waals surface area (Å²) in [6, 6.07) is 4.40. The largest absolute Gasteiger partial charge is 0.497 e.